The van der Waals surface area contributed by atoms with Gasteiger partial charge in [-0.25, -0.2) is 4.98 Å². The van der Waals surface area contributed by atoms with Crippen LogP contribution < -0.4 is 0 Å². The summed E-state index contributed by atoms with van der Waals surface area (Å²) in [4.78, 5) is 6.03. The Morgan fingerprint density at radius 3 is 2.79 bits per heavy atom. The van der Waals surface area contributed by atoms with Gasteiger partial charge in [0.1, 0.15) is 11.1 Å². The van der Waals surface area contributed by atoms with Crippen LogP contribution in [-0.4, -0.2) is 11.6 Å². The Hall–Kier alpha value is -0.710. The highest BCUT2D eigenvalue weighted by Crippen LogP contribution is 2.33. The van der Waals surface area contributed by atoms with Crippen LogP contribution in [0.25, 0.3) is 11.3 Å². The second-order valence-corrected chi connectivity index (χ2v) is 6.47. The molecule has 4 heteroatoms. The Kier molecular flexibility index (Phi) is 5.13. The summed E-state index contributed by atoms with van der Waals surface area (Å²) >= 11 is 5.25. The Balaban J connectivity index is 2.35. The van der Waals surface area contributed by atoms with E-state index in [1.807, 2.05) is 19.1 Å². The molecule has 0 N–H and O–H groups in total. The number of aromatic nitrogens is 1. The van der Waals surface area contributed by atoms with E-state index in [1.165, 1.54) is 4.88 Å². The maximum absolute atomic E-state index is 5.74. The zero-order valence-electron chi connectivity index (χ0n) is 11.4. The van der Waals surface area contributed by atoms with E-state index >= 15 is 0 Å². The number of benzene rings is 1. The third-order valence-corrected chi connectivity index (χ3v) is 4.48. The fourth-order valence-corrected chi connectivity index (χ4v) is 3.50. The van der Waals surface area contributed by atoms with Gasteiger partial charge in [-0.05, 0) is 32.4 Å². The van der Waals surface area contributed by atoms with Crippen molar-refractivity contribution in [3.63, 3.8) is 0 Å². The summed E-state index contributed by atoms with van der Waals surface area (Å²) < 4.78 is 6.82. The second kappa shape index (κ2) is 6.64. The summed E-state index contributed by atoms with van der Waals surface area (Å²) in [5, 5.41) is 1.08. The molecule has 1 aromatic heterocycles. The summed E-state index contributed by atoms with van der Waals surface area (Å²) in [6, 6.07) is 8.27. The first-order chi connectivity index (χ1) is 9.15. The Morgan fingerprint density at radius 1 is 1.37 bits per heavy atom. The number of nitrogens with zero attached hydrogens (tertiary/aromatic N) is 1. The van der Waals surface area contributed by atoms with E-state index in [2.05, 4.69) is 41.9 Å². The van der Waals surface area contributed by atoms with Crippen molar-refractivity contribution in [3.8, 4) is 11.3 Å². The van der Waals surface area contributed by atoms with E-state index in [9.17, 15) is 0 Å². The molecule has 1 unspecified atom stereocenters. The molecule has 0 amide bonds. The van der Waals surface area contributed by atoms with Crippen molar-refractivity contribution in [3.05, 3.63) is 38.6 Å². The van der Waals surface area contributed by atoms with Gasteiger partial charge in [-0.2, -0.15) is 0 Å². The van der Waals surface area contributed by atoms with Crippen molar-refractivity contribution in [1.82, 2.24) is 4.98 Å². The minimum atomic E-state index is 0.120. The van der Waals surface area contributed by atoms with Crippen molar-refractivity contribution in [2.45, 2.75) is 33.3 Å². The normalized spacial score (nSPS) is 12.6. The molecule has 0 spiro atoms. The van der Waals surface area contributed by atoms with Gasteiger partial charge in [0, 0.05) is 21.5 Å². The van der Waals surface area contributed by atoms with E-state index in [0.717, 1.165) is 33.8 Å². The van der Waals surface area contributed by atoms with Crippen molar-refractivity contribution in [2.75, 3.05) is 6.61 Å². The first kappa shape index (κ1) is 14.7. The lowest BCUT2D eigenvalue weighted by Gasteiger charge is -2.11. The van der Waals surface area contributed by atoms with E-state index < -0.39 is 0 Å². The predicted molar refractivity (Wildman–Crippen MR) is 84.6 cm³/mol. The monoisotopic (exact) mass is 339 g/mol. The van der Waals surface area contributed by atoms with E-state index in [1.54, 1.807) is 11.3 Å². The molecule has 0 bridgehead atoms. The van der Waals surface area contributed by atoms with Crippen molar-refractivity contribution < 1.29 is 4.74 Å². The van der Waals surface area contributed by atoms with Crippen molar-refractivity contribution >= 4 is 27.3 Å². The lowest BCUT2D eigenvalue weighted by Crippen LogP contribution is -2.02. The Bertz CT molecular complexity index is 553. The molecular weight excluding hydrogens is 322 g/mol. The smallest absolute Gasteiger partial charge is 0.122 e. The standard InChI is InChI=1S/C15H18BrNOS/c1-4-13(18-5-2)15-17-14(10(3)19-15)11-7-6-8-12(16)9-11/h6-9,13H,4-5H2,1-3H3. The minimum absolute atomic E-state index is 0.120. The van der Waals surface area contributed by atoms with E-state index in [4.69, 9.17) is 9.72 Å². The molecule has 2 rings (SSSR count). The highest BCUT2D eigenvalue weighted by atomic mass is 79.9. The zero-order valence-corrected chi connectivity index (χ0v) is 13.8. The maximum Gasteiger partial charge on any atom is 0.122 e. The number of ether oxygens (including phenoxy) is 1. The largest absolute Gasteiger partial charge is 0.371 e. The van der Waals surface area contributed by atoms with Gasteiger partial charge in [0.2, 0.25) is 0 Å². The third kappa shape index (κ3) is 3.44. The fourth-order valence-electron chi connectivity index (χ4n) is 2.02. The molecule has 19 heavy (non-hydrogen) atoms. The molecule has 1 aromatic carbocycles. The van der Waals surface area contributed by atoms with Gasteiger partial charge in [0.25, 0.3) is 0 Å². The molecule has 0 radical (unpaired) electrons. The predicted octanol–water partition coefficient (Wildman–Crippen LogP) is 5.37. The number of thiazole rings is 1. The second-order valence-electron chi connectivity index (χ2n) is 4.32. The van der Waals surface area contributed by atoms with Crippen LogP contribution >= 0.6 is 27.3 Å². The quantitative estimate of drug-likeness (QED) is 0.730. The van der Waals surface area contributed by atoms with E-state index in [0.29, 0.717) is 0 Å². The van der Waals surface area contributed by atoms with Crippen LogP contribution in [0.3, 0.4) is 0 Å². The van der Waals surface area contributed by atoms with E-state index in [-0.39, 0.29) is 6.10 Å². The molecule has 102 valence electrons. The first-order valence-corrected chi connectivity index (χ1v) is 8.11. The highest BCUT2D eigenvalue weighted by Gasteiger charge is 2.17. The molecule has 0 aliphatic heterocycles. The number of rotatable bonds is 5. The zero-order chi connectivity index (χ0) is 13.8. The molecular formula is C15H18BrNOS. The molecule has 1 heterocycles. The van der Waals surface area contributed by atoms with Crippen LogP contribution in [-0.2, 0) is 4.74 Å². The molecule has 2 nitrogen and oxygen atoms in total. The van der Waals surface area contributed by atoms with Gasteiger partial charge in [0.05, 0.1) is 5.69 Å². The number of hydrogen-bond acceptors (Lipinski definition) is 3. The summed E-state index contributed by atoms with van der Waals surface area (Å²) in [7, 11) is 0. The molecule has 2 aromatic rings. The average Bonchev–Trinajstić information content (AvgIpc) is 2.78. The van der Waals surface area contributed by atoms with Crippen LogP contribution in [0.4, 0.5) is 0 Å². The molecule has 0 saturated heterocycles. The fraction of sp³-hybridized carbons (Fsp3) is 0.400. The third-order valence-electron chi connectivity index (χ3n) is 2.93. The summed E-state index contributed by atoms with van der Waals surface area (Å²) in [5.41, 5.74) is 2.22. The summed E-state index contributed by atoms with van der Waals surface area (Å²) in [5.74, 6) is 0. The summed E-state index contributed by atoms with van der Waals surface area (Å²) in [6.45, 7) is 7.01. The van der Waals surface area contributed by atoms with Gasteiger partial charge in [-0.15, -0.1) is 11.3 Å². The molecule has 0 saturated carbocycles. The average molecular weight is 340 g/mol. The number of halogens is 1. The van der Waals surface area contributed by atoms with Crippen LogP contribution in [0.1, 0.15) is 36.3 Å². The topological polar surface area (TPSA) is 22.1 Å². The Morgan fingerprint density at radius 2 is 2.16 bits per heavy atom. The number of hydrogen-bond donors (Lipinski definition) is 0. The number of aryl methyl sites for hydroxylation is 1. The molecule has 0 aliphatic carbocycles. The van der Waals surface area contributed by atoms with Crippen LogP contribution in [0.15, 0.2) is 28.7 Å². The lowest BCUT2D eigenvalue weighted by molar-refractivity contribution is 0.0597. The molecule has 0 fully saturated rings. The van der Waals surface area contributed by atoms with Gasteiger partial charge in [-0.3, -0.25) is 0 Å². The lowest BCUT2D eigenvalue weighted by atomic mass is 10.1. The van der Waals surface area contributed by atoms with Crippen molar-refractivity contribution in [1.29, 1.82) is 0 Å². The van der Waals surface area contributed by atoms with Gasteiger partial charge < -0.3 is 4.74 Å². The molecule has 1 atom stereocenters. The molecule has 0 aliphatic rings. The highest BCUT2D eigenvalue weighted by molar-refractivity contribution is 9.10. The van der Waals surface area contributed by atoms with Crippen LogP contribution in [0, 0.1) is 6.92 Å². The van der Waals surface area contributed by atoms with Crippen LogP contribution in [0.2, 0.25) is 0 Å². The van der Waals surface area contributed by atoms with Crippen molar-refractivity contribution in [2.24, 2.45) is 0 Å². The first-order valence-electron chi connectivity index (χ1n) is 6.50. The van der Waals surface area contributed by atoms with Gasteiger partial charge >= 0.3 is 0 Å². The van der Waals surface area contributed by atoms with Gasteiger partial charge in [0.15, 0.2) is 0 Å². The summed E-state index contributed by atoms with van der Waals surface area (Å²) in [6.07, 6.45) is 1.08. The van der Waals surface area contributed by atoms with Crippen LogP contribution in [0.5, 0.6) is 0 Å². The Labute approximate surface area is 127 Å². The maximum atomic E-state index is 5.74. The van der Waals surface area contributed by atoms with Gasteiger partial charge in [-0.1, -0.05) is 35.0 Å². The SMILES string of the molecule is CCOC(CC)c1nc(-c2cccc(Br)c2)c(C)s1. The minimum Gasteiger partial charge on any atom is -0.371 e.